The van der Waals surface area contributed by atoms with Gasteiger partial charge < -0.3 is 14.6 Å². The first-order valence-electron chi connectivity index (χ1n) is 10.1. The number of rotatable bonds is 7. The average molecular weight is 441 g/mol. The first kappa shape index (κ1) is 28.5. The molecule has 2 aromatic carbocycles. The highest BCUT2D eigenvalue weighted by molar-refractivity contribution is 5.89. The zero-order chi connectivity index (χ0) is 24.5. The summed E-state index contributed by atoms with van der Waals surface area (Å²) in [5.74, 6) is -0.918. The predicted molar refractivity (Wildman–Crippen MR) is 125 cm³/mol. The van der Waals surface area contributed by atoms with Crippen molar-refractivity contribution >= 4 is 18.2 Å². The molecule has 2 rings (SSSR count). The van der Waals surface area contributed by atoms with Crippen molar-refractivity contribution in [1.82, 2.24) is 0 Å². The van der Waals surface area contributed by atoms with Gasteiger partial charge in [0.25, 0.3) is 0 Å². The molecule has 0 radical (unpaired) electrons. The van der Waals surface area contributed by atoms with Crippen LogP contribution in [-0.4, -0.2) is 36.5 Å². The standard InChI is InChI=1S/C13H16O3.C8H8O.C5H8O2/c1-4-16-13(15)10(3)12(14)11-7-5-9(2)6-8-11;1-7-2-4-8(6-9)5-3-7;1-3-5(6)7-4-2/h5-8,12,14H,3-4H2,1-2H3;2-6H,1H3;3H,1,4H2,2H3. The maximum absolute atomic E-state index is 11.3. The second-order valence-electron chi connectivity index (χ2n) is 6.54. The molecule has 2 aromatic rings. The van der Waals surface area contributed by atoms with E-state index < -0.39 is 12.1 Å². The molecule has 0 aromatic heterocycles. The lowest BCUT2D eigenvalue weighted by Gasteiger charge is -2.13. The van der Waals surface area contributed by atoms with Gasteiger partial charge in [0.1, 0.15) is 12.4 Å². The van der Waals surface area contributed by atoms with Gasteiger partial charge in [0.15, 0.2) is 0 Å². The van der Waals surface area contributed by atoms with Crippen LogP contribution in [0.25, 0.3) is 0 Å². The Hall–Kier alpha value is -3.51. The van der Waals surface area contributed by atoms with E-state index in [4.69, 9.17) is 4.74 Å². The first-order valence-corrected chi connectivity index (χ1v) is 10.1. The van der Waals surface area contributed by atoms with Crippen LogP contribution in [0, 0.1) is 13.8 Å². The molecule has 0 bridgehead atoms. The highest BCUT2D eigenvalue weighted by Crippen LogP contribution is 2.21. The lowest BCUT2D eigenvalue weighted by atomic mass is 10.0. The van der Waals surface area contributed by atoms with Crippen LogP contribution in [0.3, 0.4) is 0 Å². The van der Waals surface area contributed by atoms with E-state index in [9.17, 15) is 19.5 Å². The average Bonchev–Trinajstić information content (AvgIpc) is 2.80. The minimum atomic E-state index is -1.00. The third-order valence-corrected chi connectivity index (χ3v) is 3.93. The summed E-state index contributed by atoms with van der Waals surface area (Å²) >= 11 is 0. The third kappa shape index (κ3) is 11.6. The molecule has 0 aliphatic rings. The van der Waals surface area contributed by atoms with Gasteiger partial charge in [-0.25, -0.2) is 9.59 Å². The van der Waals surface area contributed by atoms with Crippen LogP contribution in [0.1, 0.15) is 47.0 Å². The normalized spacial score (nSPS) is 10.2. The number of aryl methyl sites for hydroxylation is 2. The first-order chi connectivity index (χ1) is 15.2. The van der Waals surface area contributed by atoms with Crippen LogP contribution in [0.15, 0.2) is 73.3 Å². The molecule has 0 saturated heterocycles. The Morgan fingerprint density at radius 1 is 0.938 bits per heavy atom. The molecular formula is C26H32O6. The molecular weight excluding hydrogens is 408 g/mol. The Balaban J connectivity index is 0.000000506. The maximum Gasteiger partial charge on any atom is 0.336 e. The van der Waals surface area contributed by atoms with E-state index in [2.05, 4.69) is 17.9 Å². The van der Waals surface area contributed by atoms with Crippen molar-refractivity contribution in [3.63, 3.8) is 0 Å². The van der Waals surface area contributed by atoms with Crippen LogP contribution < -0.4 is 0 Å². The minimum Gasteiger partial charge on any atom is -0.463 e. The summed E-state index contributed by atoms with van der Waals surface area (Å²) in [5.41, 5.74) is 3.72. The summed E-state index contributed by atoms with van der Waals surface area (Å²) in [5, 5.41) is 9.88. The number of esters is 2. The molecule has 0 aliphatic carbocycles. The van der Waals surface area contributed by atoms with Gasteiger partial charge in [-0.3, -0.25) is 4.79 Å². The minimum absolute atomic E-state index is 0.0608. The Labute approximate surface area is 190 Å². The number of aldehydes is 1. The number of carbonyl (C=O) groups is 3. The monoisotopic (exact) mass is 440 g/mol. The summed E-state index contributed by atoms with van der Waals surface area (Å²) in [6, 6.07) is 14.7. The SMILES string of the molecule is C=C(C(=O)OCC)C(O)c1ccc(C)cc1.C=CC(=O)OCC.Cc1ccc(C=O)cc1. The van der Waals surface area contributed by atoms with Gasteiger partial charge in [-0.2, -0.15) is 0 Å². The van der Waals surface area contributed by atoms with E-state index >= 15 is 0 Å². The number of carbonyl (C=O) groups excluding carboxylic acids is 3. The molecule has 0 heterocycles. The van der Waals surface area contributed by atoms with Crippen molar-refractivity contribution < 1.29 is 29.0 Å². The van der Waals surface area contributed by atoms with Crippen LogP contribution in [0.4, 0.5) is 0 Å². The molecule has 1 unspecified atom stereocenters. The molecule has 0 spiro atoms. The summed E-state index contributed by atoms with van der Waals surface area (Å²) < 4.78 is 9.21. The summed E-state index contributed by atoms with van der Waals surface area (Å²) in [7, 11) is 0. The van der Waals surface area contributed by atoms with E-state index in [0.717, 1.165) is 23.5 Å². The van der Waals surface area contributed by atoms with Crippen molar-refractivity contribution in [1.29, 1.82) is 0 Å². The van der Waals surface area contributed by atoms with Gasteiger partial charge in [0, 0.05) is 11.6 Å². The molecule has 1 atom stereocenters. The van der Waals surface area contributed by atoms with Gasteiger partial charge in [-0.05, 0) is 33.3 Å². The largest absolute Gasteiger partial charge is 0.463 e. The Kier molecular flexibility index (Phi) is 14.4. The van der Waals surface area contributed by atoms with Gasteiger partial charge in [0.2, 0.25) is 0 Å². The third-order valence-electron chi connectivity index (χ3n) is 3.93. The highest BCUT2D eigenvalue weighted by atomic mass is 16.5. The molecule has 32 heavy (non-hydrogen) atoms. The van der Waals surface area contributed by atoms with E-state index in [1.165, 1.54) is 5.56 Å². The number of aliphatic hydroxyl groups excluding tert-OH is 1. The molecule has 6 nitrogen and oxygen atoms in total. The molecule has 0 amide bonds. The lowest BCUT2D eigenvalue weighted by molar-refractivity contribution is -0.140. The molecule has 1 N–H and O–H groups in total. The maximum atomic E-state index is 11.3. The van der Waals surface area contributed by atoms with Crippen molar-refractivity contribution in [2.75, 3.05) is 13.2 Å². The van der Waals surface area contributed by atoms with Gasteiger partial charge in [-0.15, -0.1) is 0 Å². The summed E-state index contributed by atoms with van der Waals surface area (Å²) in [6.45, 7) is 14.9. The number of aliphatic hydroxyl groups is 1. The molecule has 0 fully saturated rings. The topological polar surface area (TPSA) is 89.9 Å². The molecule has 0 saturated carbocycles. The second-order valence-corrected chi connectivity index (χ2v) is 6.54. The van der Waals surface area contributed by atoms with Crippen LogP contribution in [-0.2, 0) is 19.1 Å². The molecule has 6 heteroatoms. The number of hydrogen-bond donors (Lipinski definition) is 1. The van der Waals surface area contributed by atoms with Crippen LogP contribution >= 0.6 is 0 Å². The van der Waals surface area contributed by atoms with Crippen LogP contribution in [0.2, 0.25) is 0 Å². The van der Waals surface area contributed by atoms with E-state index in [1.807, 2.05) is 50.2 Å². The lowest BCUT2D eigenvalue weighted by Crippen LogP contribution is -2.13. The van der Waals surface area contributed by atoms with E-state index in [-0.39, 0.29) is 18.1 Å². The van der Waals surface area contributed by atoms with Gasteiger partial charge in [-0.1, -0.05) is 72.8 Å². The van der Waals surface area contributed by atoms with Crippen molar-refractivity contribution in [2.45, 2.75) is 33.8 Å². The van der Waals surface area contributed by atoms with Gasteiger partial charge >= 0.3 is 11.9 Å². The van der Waals surface area contributed by atoms with Crippen LogP contribution in [0.5, 0.6) is 0 Å². The smallest absolute Gasteiger partial charge is 0.336 e. The number of hydrogen-bond acceptors (Lipinski definition) is 6. The fourth-order valence-corrected chi connectivity index (χ4v) is 2.13. The number of ether oxygens (including phenoxy) is 2. The van der Waals surface area contributed by atoms with E-state index in [1.54, 1.807) is 26.0 Å². The van der Waals surface area contributed by atoms with Gasteiger partial charge in [0.05, 0.1) is 18.8 Å². The summed E-state index contributed by atoms with van der Waals surface area (Å²) in [4.78, 5) is 31.5. The highest BCUT2D eigenvalue weighted by Gasteiger charge is 2.18. The fourth-order valence-electron chi connectivity index (χ4n) is 2.13. The molecule has 172 valence electrons. The summed E-state index contributed by atoms with van der Waals surface area (Å²) in [6.07, 6.45) is 0.989. The second kappa shape index (κ2) is 16.2. The quantitative estimate of drug-likeness (QED) is 0.382. The Morgan fingerprint density at radius 3 is 1.78 bits per heavy atom. The zero-order valence-electron chi connectivity index (χ0n) is 19.2. The van der Waals surface area contributed by atoms with Crippen molar-refractivity contribution in [3.8, 4) is 0 Å². The van der Waals surface area contributed by atoms with Crippen molar-refractivity contribution in [2.24, 2.45) is 0 Å². The Morgan fingerprint density at radius 2 is 1.41 bits per heavy atom. The fraction of sp³-hybridized carbons (Fsp3) is 0.269. The zero-order valence-corrected chi connectivity index (χ0v) is 19.2. The Bertz CT molecular complexity index is 866. The molecule has 0 aliphatic heterocycles. The number of benzene rings is 2. The predicted octanol–water partition coefficient (Wildman–Crippen LogP) is 4.69. The van der Waals surface area contributed by atoms with Crippen molar-refractivity contribution in [3.05, 3.63) is 95.6 Å². The van der Waals surface area contributed by atoms with E-state index in [0.29, 0.717) is 12.2 Å².